The molecular weight excluding hydrogens is 460 g/mol. The number of rotatable bonds is 5. The van der Waals surface area contributed by atoms with E-state index in [9.17, 15) is 4.79 Å². The quantitative estimate of drug-likeness (QED) is 0.476. The number of ether oxygens (including phenoxy) is 1. The number of fused-ring (bicyclic) bond motifs is 1. The van der Waals surface area contributed by atoms with Crippen LogP contribution in [0.2, 0.25) is 5.02 Å². The second-order valence-electron chi connectivity index (χ2n) is 10.1. The van der Waals surface area contributed by atoms with Crippen LogP contribution < -0.4 is 15.0 Å². The fourth-order valence-corrected chi connectivity index (χ4v) is 5.51. The largest absolute Gasteiger partial charge is 0.456 e. The van der Waals surface area contributed by atoms with Gasteiger partial charge in [-0.25, -0.2) is 0 Å². The lowest BCUT2D eigenvalue weighted by molar-refractivity contribution is -0.120. The van der Waals surface area contributed by atoms with Crippen LogP contribution in [-0.4, -0.2) is 34.8 Å². The Labute approximate surface area is 211 Å². The highest BCUT2D eigenvalue weighted by molar-refractivity contribution is 6.30. The maximum Gasteiger partial charge on any atom is 0.230 e. The molecule has 1 atom stereocenters. The van der Waals surface area contributed by atoms with Gasteiger partial charge in [-0.3, -0.25) is 9.48 Å². The Bertz CT molecular complexity index is 1230. The predicted octanol–water partition coefficient (Wildman–Crippen LogP) is 6.00. The standard InChI is InChI=1S/C28H31ClN4O2/c1-18-2-9-25-26(33(18)28(34)19-3-4-19)11-10-24(27(25)35-23-7-5-21(29)6-8-23)20-16-31-32(17-20)22-12-14-30-15-13-22/h5-8,10-11,16-19,22,30H,2-4,9,12-15H2,1H3/t18-/m0/s1. The number of carbonyl (C=O) groups excluding carboxylic acids is 1. The molecule has 182 valence electrons. The number of anilines is 1. The molecule has 0 unspecified atom stereocenters. The molecule has 1 aliphatic carbocycles. The number of hydrogen-bond donors (Lipinski definition) is 1. The third-order valence-corrected chi connectivity index (χ3v) is 7.79. The first-order chi connectivity index (χ1) is 17.1. The van der Waals surface area contributed by atoms with Crippen molar-refractivity contribution in [1.82, 2.24) is 15.1 Å². The molecule has 2 fully saturated rings. The van der Waals surface area contributed by atoms with Crippen LogP contribution in [0.5, 0.6) is 11.5 Å². The lowest BCUT2D eigenvalue weighted by Gasteiger charge is -2.36. The monoisotopic (exact) mass is 490 g/mol. The first-order valence-corrected chi connectivity index (χ1v) is 13.1. The van der Waals surface area contributed by atoms with Crippen LogP contribution in [0.15, 0.2) is 48.8 Å². The number of benzene rings is 2. The van der Waals surface area contributed by atoms with E-state index in [1.807, 2.05) is 35.4 Å². The second kappa shape index (κ2) is 9.32. The van der Waals surface area contributed by atoms with Crippen molar-refractivity contribution in [3.05, 3.63) is 59.4 Å². The van der Waals surface area contributed by atoms with Gasteiger partial charge in [0.05, 0.1) is 17.9 Å². The van der Waals surface area contributed by atoms with Gasteiger partial charge in [0.2, 0.25) is 5.91 Å². The molecule has 1 N–H and O–H groups in total. The van der Waals surface area contributed by atoms with Crippen LogP contribution in [-0.2, 0) is 11.2 Å². The average molecular weight is 491 g/mol. The van der Waals surface area contributed by atoms with E-state index in [1.54, 1.807) is 0 Å². The first-order valence-electron chi connectivity index (χ1n) is 12.8. The summed E-state index contributed by atoms with van der Waals surface area (Å²) < 4.78 is 8.67. The number of nitrogens with one attached hydrogen (secondary N) is 1. The number of halogens is 1. The van der Waals surface area contributed by atoms with Crippen molar-refractivity contribution in [2.24, 2.45) is 5.92 Å². The van der Waals surface area contributed by atoms with Gasteiger partial charge in [0.15, 0.2) is 0 Å². The number of piperidine rings is 1. The summed E-state index contributed by atoms with van der Waals surface area (Å²) in [4.78, 5) is 15.2. The highest BCUT2D eigenvalue weighted by Gasteiger charge is 2.39. The van der Waals surface area contributed by atoms with Gasteiger partial charge in [-0.05, 0) is 94.9 Å². The van der Waals surface area contributed by atoms with Crippen molar-refractivity contribution >= 4 is 23.2 Å². The third kappa shape index (κ3) is 4.45. The summed E-state index contributed by atoms with van der Waals surface area (Å²) in [6.45, 7) is 4.19. The van der Waals surface area contributed by atoms with Crippen molar-refractivity contribution in [2.75, 3.05) is 18.0 Å². The fraction of sp³-hybridized carbons (Fsp3) is 0.429. The number of hydrogen-bond acceptors (Lipinski definition) is 4. The average Bonchev–Trinajstić information content (AvgIpc) is 3.62. The summed E-state index contributed by atoms with van der Waals surface area (Å²) in [6.07, 6.45) is 10.0. The van der Waals surface area contributed by atoms with Crippen molar-refractivity contribution in [3.8, 4) is 22.6 Å². The molecule has 35 heavy (non-hydrogen) atoms. The topological polar surface area (TPSA) is 59.4 Å². The van der Waals surface area contributed by atoms with Gasteiger partial charge in [0.1, 0.15) is 11.5 Å². The SMILES string of the molecule is C[C@H]1CCc2c(ccc(-c3cnn(C4CCNCC4)c3)c2Oc2ccc(Cl)cc2)N1C(=O)C1CC1. The fourth-order valence-electron chi connectivity index (χ4n) is 5.38. The number of amides is 1. The lowest BCUT2D eigenvalue weighted by Crippen LogP contribution is -2.43. The Morgan fingerprint density at radius 1 is 1.06 bits per heavy atom. The summed E-state index contributed by atoms with van der Waals surface area (Å²) in [7, 11) is 0. The molecule has 2 aromatic carbocycles. The molecule has 2 aliphatic heterocycles. The summed E-state index contributed by atoms with van der Waals surface area (Å²) >= 11 is 6.12. The van der Waals surface area contributed by atoms with E-state index in [0.29, 0.717) is 11.1 Å². The van der Waals surface area contributed by atoms with Crippen LogP contribution in [0.1, 0.15) is 50.6 Å². The van der Waals surface area contributed by atoms with Gasteiger partial charge in [-0.15, -0.1) is 0 Å². The molecule has 7 heteroatoms. The minimum absolute atomic E-state index is 0.173. The lowest BCUT2D eigenvalue weighted by atomic mass is 9.92. The first kappa shape index (κ1) is 22.6. The van der Waals surface area contributed by atoms with E-state index < -0.39 is 0 Å². The molecule has 0 spiro atoms. The maximum absolute atomic E-state index is 13.2. The van der Waals surface area contributed by atoms with Gasteiger partial charge >= 0.3 is 0 Å². The van der Waals surface area contributed by atoms with Crippen molar-refractivity contribution in [1.29, 1.82) is 0 Å². The molecular formula is C28H31ClN4O2. The zero-order chi connectivity index (χ0) is 23.9. The molecule has 1 saturated heterocycles. The predicted molar refractivity (Wildman–Crippen MR) is 138 cm³/mol. The zero-order valence-electron chi connectivity index (χ0n) is 20.0. The summed E-state index contributed by atoms with van der Waals surface area (Å²) in [5.41, 5.74) is 4.12. The summed E-state index contributed by atoms with van der Waals surface area (Å²) in [6, 6.07) is 12.3. The highest BCUT2D eigenvalue weighted by Crippen LogP contribution is 2.46. The molecule has 3 heterocycles. The Kier molecular flexibility index (Phi) is 6.02. The van der Waals surface area contributed by atoms with E-state index in [0.717, 1.165) is 85.5 Å². The van der Waals surface area contributed by atoms with E-state index in [4.69, 9.17) is 21.4 Å². The van der Waals surface area contributed by atoms with Crippen molar-refractivity contribution < 1.29 is 9.53 Å². The second-order valence-corrected chi connectivity index (χ2v) is 10.5. The molecule has 3 aliphatic rings. The molecule has 0 radical (unpaired) electrons. The molecule has 1 amide bonds. The number of carbonyl (C=O) groups is 1. The van der Waals surface area contributed by atoms with Gasteiger partial charge in [0.25, 0.3) is 0 Å². The molecule has 6 nitrogen and oxygen atoms in total. The van der Waals surface area contributed by atoms with Gasteiger partial charge in [-0.2, -0.15) is 5.10 Å². The molecule has 0 bridgehead atoms. The smallest absolute Gasteiger partial charge is 0.230 e. The molecule has 3 aromatic rings. The highest BCUT2D eigenvalue weighted by atomic mass is 35.5. The van der Waals surface area contributed by atoms with Crippen LogP contribution in [0.4, 0.5) is 5.69 Å². The van der Waals surface area contributed by atoms with Gasteiger partial charge in [-0.1, -0.05) is 11.6 Å². The summed E-state index contributed by atoms with van der Waals surface area (Å²) in [5, 5.41) is 8.82. The maximum atomic E-state index is 13.2. The third-order valence-electron chi connectivity index (χ3n) is 7.54. The van der Waals surface area contributed by atoms with Gasteiger partial charge in [0, 0.05) is 39.9 Å². The van der Waals surface area contributed by atoms with Crippen LogP contribution in [0.3, 0.4) is 0 Å². The van der Waals surface area contributed by atoms with E-state index in [-0.39, 0.29) is 17.9 Å². The minimum atomic E-state index is 0.173. The van der Waals surface area contributed by atoms with Crippen molar-refractivity contribution in [3.63, 3.8) is 0 Å². The summed E-state index contributed by atoms with van der Waals surface area (Å²) in [5.74, 6) is 1.97. The van der Waals surface area contributed by atoms with Crippen LogP contribution in [0, 0.1) is 5.92 Å². The van der Waals surface area contributed by atoms with E-state index >= 15 is 0 Å². The number of nitrogens with zero attached hydrogens (tertiary/aromatic N) is 3. The number of aromatic nitrogens is 2. The molecule has 1 saturated carbocycles. The Balaban J connectivity index is 1.43. The normalized spacial score (nSPS) is 20.5. The Morgan fingerprint density at radius 3 is 2.57 bits per heavy atom. The zero-order valence-corrected chi connectivity index (χ0v) is 20.8. The van der Waals surface area contributed by atoms with Crippen molar-refractivity contribution in [2.45, 2.75) is 57.5 Å². The Hall–Kier alpha value is -2.83. The van der Waals surface area contributed by atoms with Crippen LogP contribution >= 0.6 is 11.6 Å². The van der Waals surface area contributed by atoms with Crippen LogP contribution in [0.25, 0.3) is 11.1 Å². The Morgan fingerprint density at radius 2 is 1.83 bits per heavy atom. The molecule has 6 rings (SSSR count). The molecule has 1 aromatic heterocycles. The van der Waals surface area contributed by atoms with Gasteiger partial charge < -0.3 is 15.0 Å². The van der Waals surface area contributed by atoms with E-state index in [2.05, 4.69) is 35.3 Å². The minimum Gasteiger partial charge on any atom is -0.456 e. The van der Waals surface area contributed by atoms with E-state index in [1.165, 1.54) is 0 Å².